The van der Waals surface area contributed by atoms with Crippen LogP contribution < -0.4 is 15.4 Å². The standard InChI is InChI=1S/C18H18N2O4S/c1-23-14-10-8-13(9-11-14)16(21)20-18(25)19-15(17(22)24-2)12-6-4-3-5-7-12/h3-11,15H,1-2H3,(H2,19,20,21,25). The molecular weight excluding hydrogens is 340 g/mol. The molecule has 0 aliphatic carbocycles. The first-order valence-electron chi connectivity index (χ1n) is 7.44. The van der Waals surface area contributed by atoms with Crippen LogP contribution in [0.2, 0.25) is 0 Å². The molecule has 0 aromatic heterocycles. The Bertz CT molecular complexity index is 747. The number of esters is 1. The van der Waals surface area contributed by atoms with E-state index in [4.69, 9.17) is 21.7 Å². The van der Waals surface area contributed by atoms with Crippen molar-refractivity contribution in [3.63, 3.8) is 0 Å². The molecule has 0 radical (unpaired) electrons. The van der Waals surface area contributed by atoms with Crippen LogP contribution in [0, 0.1) is 0 Å². The largest absolute Gasteiger partial charge is 0.497 e. The molecule has 0 aliphatic heterocycles. The molecule has 25 heavy (non-hydrogen) atoms. The zero-order valence-corrected chi connectivity index (χ0v) is 14.6. The molecule has 0 saturated heterocycles. The van der Waals surface area contributed by atoms with E-state index in [9.17, 15) is 9.59 Å². The van der Waals surface area contributed by atoms with Crippen molar-refractivity contribution in [3.8, 4) is 5.75 Å². The summed E-state index contributed by atoms with van der Waals surface area (Å²) in [4.78, 5) is 24.2. The number of carbonyl (C=O) groups is 2. The summed E-state index contributed by atoms with van der Waals surface area (Å²) < 4.78 is 9.84. The lowest BCUT2D eigenvalue weighted by molar-refractivity contribution is -0.142. The molecule has 6 nitrogen and oxygen atoms in total. The van der Waals surface area contributed by atoms with Crippen molar-refractivity contribution in [1.29, 1.82) is 0 Å². The molecule has 0 fully saturated rings. The van der Waals surface area contributed by atoms with Crippen LogP contribution >= 0.6 is 12.2 Å². The van der Waals surface area contributed by atoms with Crippen molar-refractivity contribution in [2.45, 2.75) is 6.04 Å². The van der Waals surface area contributed by atoms with Gasteiger partial charge in [-0.2, -0.15) is 0 Å². The van der Waals surface area contributed by atoms with Crippen molar-refractivity contribution >= 4 is 29.2 Å². The Morgan fingerprint density at radius 1 is 1.00 bits per heavy atom. The van der Waals surface area contributed by atoms with Gasteiger partial charge in [0, 0.05) is 5.56 Å². The molecule has 2 N–H and O–H groups in total. The van der Waals surface area contributed by atoms with Gasteiger partial charge in [0.15, 0.2) is 11.2 Å². The Morgan fingerprint density at radius 3 is 2.20 bits per heavy atom. The summed E-state index contributed by atoms with van der Waals surface area (Å²) in [5.41, 5.74) is 1.09. The van der Waals surface area contributed by atoms with E-state index in [1.54, 1.807) is 55.6 Å². The van der Waals surface area contributed by atoms with E-state index in [-0.39, 0.29) is 5.11 Å². The first kappa shape index (κ1) is 18.4. The summed E-state index contributed by atoms with van der Waals surface area (Å²) >= 11 is 5.15. The first-order valence-corrected chi connectivity index (χ1v) is 7.84. The quantitative estimate of drug-likeness (QED) is 0.630. The lowest BCUT2D eigenvalue weighted by Gasteiger charge is -2.18. The van der Waals surface area contributed by atoms with Crippen molar-refractivity contribution in [2.24, 2.45) is 0 Å². The van der Waals surface area contributed by atoms with Crippen molar-refractivity contribution in [3.05, 3.63) is 65.7 Å². The Morgan fingerprint density at radius 2 is 1.64 bits per heavy atom. The highest BCUT2D eigenvalue weighted by atomic mass is 32.1. The van der Waals surface area contributed by atoms with Gasteiger partial charge in [-0.05, 0) is 42.0 Å². The number of hydrogen-bond acceptors (Lipinski definition) is 5. The summed E-state index contributed by atoms with van der Waals surface area (Å²) in [5.74, 6) is -0.254. The zero-order chi connectivity index (χ0) is 18.2. The van der Waals surface area contributed by atoms with Crippen LogP contribution in [0.25, 0.3) is 0 Å². The minimum atomic E-state index is -0.810. The molecular formula is C18H18N2O4S. The third kappa shape index (κ3) is 5.02. The maximum atomic E-state index is 12.2. The highest BCUT2D eigenvalue weighted by Crippen LogP contribution is 2.14. The van der Waals surface area contributed by atoms with Crippen molar-refractivity contribution < 1.29 is 19.1 Å². The molecule has 0 spiro atoms. The second-order valence-electron chi connectivity index (χ2n) is 5.02. The fourth-order valence-corrected chi connectivity index (χ4v) is 2.34. The molecule has 1 atom stereocenters. The van der Waals surface area contributed by atoms with Gasteiger partial charge >= 0.3 is 5.97 Å². The minimum absolute atomic E-state index is 0.0278. The number of nitrogens with one attached hydrogen (secondary N) is 2. The smallest absolute Gasteiger partial charge is 0.333 e. The molecule has 2 aromatic rings. The number of benzene rings is 2. The number of rotatable bonds is 5. The first-order chi connectivity index (χ1) is 12.0. The molecule has 2 rings (SSSR count). The van der Waals surface area contributed by atoms with Crippen LogP contribution in [0.15, 0.2) is 54.6 Å². The maximum Gasteiger partial charge on any atom is 0.333 e. The van der Waals surface area contributed by atoms with E-state index in [0.717, 1.165) is 0 Å². The highest BCUT2D eigenvalue weighted by molar-refractivity contribution is 7.80. The molecule has 0 aliphatic rings. The fourth-order valence-electron chi connectivity index (χ4n) is 2.13. The number of amides is 1. The van der Waals surface area contributed by atoms with Crippen LogP contribution in [-0.4, -0.2) is 31.2 Å². The van der Waals surface area contributed by atoms with Crippen LogP contribution in [0.1, 0.15) is 22.0 Å². The van der Waals surface area contributed by atoms with E-state index >= 15 is 0 Å². The Hall–Kier alpha value is -2.93. The van der Waals surface area contributed by atoms with Crippen molar-refractivity contribution in [2.75, 3.05) is 14.2 Å². The van der Waals surface area contributed by atoms with Gasteiger partial charge in [0.1, 0.15) is 5.75 Å². The number of hydrogen-bond donors (Lipinski definition) is 2. The van der Waals surface area contributed by atoms with Crippen LogP contribution in [-0.2, 0) is 9.53 Å². The average molecular weight is 358 g/mol. The SMILES string of the molecule is COC(=O)C(NC(=S)NC(=O)c1ccc(OC)cc1)c1ccccc1. The second kappa shape index (κ2) is 8.79. The normalized spacial score (nSPS) is 11.1. The Kier molecular flexibility index (Phi) is 6.47. The van der Waals surface area contributed by atoms with Gasteiger partial charge in [0.25, 0.3) is 5.91 Å². The van der Waals surface area contributed by atoms with E-state index < -0.39 is 17.9 Å². The molecule has 0 saturated carbocycles. The number of thiocarbonyl (C=S) groups is 1. The van der Waals surface area contributed by atoms with Gasteiger partial charge in [0.05, 0.1) is 14.2 Å². The molecule has 1 amide bonds. The number of ether oxygens (including phenoxy) is 2. The van der Waals surface area contributed by atoms with Crippen LogP contribution in [0.5, 0.6) is 5.75 Å². The third-order valence-electron chi connectivity index (χ3n) is 3.42. The summed E-state index contributed by atoms with van der Waals surface area (Å²) in [6.45, 7) is 0. The van der Waals surface area contributed by atoms with E-state index in [2.05, 4.69) is 10.6 Å². The monoisotopic (exact) mass is 358 g/mol. The minimum Gasteiger partial charge on any atom is -0.497 e. The topological polar surface area (TPSA) is 76.7 Å². The van der Waals surface area contributed by atoms with Gasteiger partial charge in [-0.25, -0.2) is 4.79 Å². The average Bonchev–Trinajstić information content (AvgIpc) is 2.66. The molecule has 7 heteroatoms. The van der Waals surface area contributed by atoms with Crippen LogP contribution in [0.3, 0.4) is 0 Å². The predicted octanol–water partition coefficient (Wildman–Crippen LogP) is 2.21. The molecule has 2 aromatic carbocycles. The van der Waals surface area contributed by atoms with E-state index in [0.29, 0.717) is 16.9 Å². The van der Waals surface area contributed by atoms with Crippen LogP contribution in [0.4, 0.5) is 0 Å². The van der Waals surface area contributed by atoms with E-state index in [1.807, 2.05) is 6.07 Å². The lowest BCUT2D eigenvalue weighted by atomic mass is 10.1. The Balaban J connectivity index is 2.05. The summed E-state index contributed by atoms with van der Waals surface area (Å²) in [7, 11) is 2.84. The molecule has 0 bridgehead atoms. The molecule has 1 unspecified atom stereocenters. The maximum absolute atomic E-state index is 12.2. The Labute approximate surface area is 151 Å². The highest BCUT2D eigenvalue weighted by Gasteiger charge is 2.22. The van der Waals surface area contributed by atoms with Gasteiger partial charge in [-0.15, -0.1) is 0 Å². The number of methoxy groups -OCH3 is 2. The summed E-state index contributed by atoms with van der Waals surface area (Å²) in [6, 6.07) is 14.7. The fraction of sp³-hybridized carbons (Fsp3) is 0.167. The van der Waals surface area contributed by atoms with Gasteiger partial charge in [-0.1, -0.05) is 30.3 Å². The van der Waals surface area contributed by atoms with Gasteiger partial charge < -0.3 is 14.8 Å². The predicted molar refractivity (Wildman–Crippen MR) is 97.4 cm³/mol. The zero-order valence-electron chi connectivity index (χ0n) is 13.8. The van der Waals surface area contributed by atoms with Gasteiger partial charge in [0.2, 0.25) is 0 Å². The number of carbonyl (C=O) groups excluding carboxylic acids is 2. The summed E-state index contributed by atoms with van der Waals surface area (Å²) in [5, 5.41) is 5.38. The third-order valence-corrected chi connectivity index (χ3v) is 3.64. The molecule has 130 valence electrons. The van der Waals surface area contributed by atoms with E-state index in [1.165, 1.54) is 7.11 Å². The molecule has 0 heterocycles. The van der Waals surface area contributed by atoms with Crippen molar-refractivity contribution in [1.82, 2.24) is 10.6 Å². The summed E-state index contributed by atoms with van der Waals surface area (Å²) in [6.07, 6.45) is 0. The lowest BCUT2D eigenvalue weighted by Crippen LogP contribution is -2.43. The second-order valence-corrected chi connectivity index (χ2v) is 5.43. The van der Waals surface area contributed by atoms with Gasteiger partial charge in [-0.3, -0.25) is 10.1 Å².